The Hall–Kier alpha value is -2.55. The third-order valence-electron chi connectivity index (χ3n) is 6.06. The van der Waals surface area contributed by atoms with Crippen LogP contribution in [-0.4, -0.2) is 48.1 Å². The van der Waals surface area contributed by atoms with Crippen molar-refractivity contribution >= 4 is 27.5 Å². The number of fused-ring (bicyclic) bond motifs is 1. The van der Waals surface area contributed by atoms with Crippen LogP contribution < -0.4 is 10.1 Å². The van der Waals surface area contributed by atoms with Gasteiger partial charge in [-0.3, -0.25) is 9.69 Å². The number of hydrogen-bond acceptors (Lipinski definition) is 7. The molecule has 0 atom stereocenters. The zero-order valence-corrected chi connectivity index (χ0v) is 20.5. The molecule has 3 aromatic rings. The van der Waals surface area contributed by atoms with Crippen molar-refractivity contribution in [1.29, 1.82) is 0 Å². The molecule has 0 radical (unpaired) electrons. The Balaban J connectivity index is 1.41. The zero-order chi connectivity index (χ0) is 23.2. The Morgan fingerprint density at radius 3 is 2.42 bits per heavy atom. The summed E-state index contributed by atoms with van der Waals surface area (Å²) in [5, 5.41) is 3.83. The van der Waals surface area contributed by atoms with Crippen molar-refractivity contribution in [2.75, 3.05) is 27.3 Å². The van der Waals surface area contributed by atoms with Gasteiger partial charge in [-0.15, -0.1) is 11.3 Å². The zero-order valence-electron chi connectivity index (χ0n) is 19.6. The smallest absolute Gasteiger partial charge is 0.261 e. The molecule has 3 heterocycles. The second-order valence-electron chi connectivity index (χ2n) is 8.51. The first kappa shape index (κ1) is 23.6. The minimum Gasteiger partial charge on any atom is -0.480 e. The van der Waals surface area contributed by atoms with Crippen LogP contribution in [0.2, 0.25) is 0 Å². The molecular weight excluding hydrogens is 436 g/mol. The predicted molar refractivity (Wildman–Crippen MR) is 131 cm³/mol. The van der Waals surface area contributed by atoms with E-state index in [4.69, 9.17) is 9.47 Å². The van der Waals surface area contributed by atoms with E-state index >= 15 is 0 Å². The number of thiophene rings is 1. The van der Waals surface area contributed by atoms with Gasteiger partial charge in [-0.1, -0.05) is 37.1 Å². The fourth-order valence-corrected chi connectivity index (χ4v) is 5.39. The number of benzene rings is 1. The van der Waals surface area contributed by atoms with Crippen LogP contribution in [0.4, 0.5) is 0 Å². The van der Waals surface area contributed by atoms with Crippen molar-refractivity contribution in [1.82, 2.24) is 20.2 Å². The summed E-state index contributed by atoms with van der Waals surface area (Å²) in [6, 6.07) is 8.57. The van der Waals surface area contributed by atoms with E-state index in [1.807, 2.05) is 6.92 Å². The highest BCUT2D eigenvalue weighted by molar-refractivity contribution is 7.20. The van der Waals surface area contributed by atoms with Gasteiger partial charge < -0.3 is 14.8 Å². The summed E-state index contributed by atoms with van der Waals surface area (Å²) < 4.78 is 10.6. The molecule has 0 unspecified atom stereocenters. The largest absolute Gasteiger partial charge is 0.480 e. The highest BCUT2D eigenvalue weighted by Crippen LogP contribution is 2.35. The molecule has 1 aromatic carbocycles. The first-order valence-corrected chi connectivity index (χ1v) is 12.3. The van der Waals surface area contributed by atoms with Gasteiger partial charge in [0.2, 0.25) is 5.88 Å². The maximum atomic E-state index is 13.0. The second-order valence-corrected chi connectivity index (χ2v) is 9.51. The van der Waals surface area contributed by atoms with E-state index in [0.717, 1.165) is 27.9 Å². The number of nitrogens with one attached hydrogen (secondary N) is 1. The monoisotopic (exact) mass is 468 g/mol. The van der Waals surface area contributed by atoms with Crippen molar-refractivity contribution in [2.24, 2.45) is 0 Å². The number of hydrogen-bond donors (Lipinski definition) is 1. The van der Waals surface area contributed by atoms with E-state index in [2.05, 4.69) is 44.5 Å². The van der Waals surface area contributed by atoms with E-state index in [1.54, 1.807) is 14.2 Å². The van der Waals surface area contributed by atoms with E-state index in [1.165, 1.54) is 55.7 Å². The molecule has 0 saturated carbocycles. The van der Waals surface area contributed by atoms with Crippen molar-refractivity contribution in [2.45, 2.75) is 52.3 Å². The molecule has 7 nitrogen and oxygen atoms in total. The van der Waals surface area contributed by atoms with Gasteiger partial charge >= 0.3 is 0 Å². The van der Waals surface area contributed by atoms with Gasteiger partial charge in [-0.05, 0) is 49.5 Å². The van der Waals surface area contributed by atoms with Gasteiger partial charge in [-0.25, -0.2) is 4.98 Å². The maximum Gasteiger partial charge on any atom is 0.261 e. The maximum absolute atomic E-state index is 13.0. The van der Waals surface area contributed by atoms with Crippen LogP contribution in [-0.2, 0) is 24.4 Å². The van der Waals surface area contributed by atoms with Crippen LogP contribution in [0, 0.1) is 6.92 Å². The van der Waals surface area contributed by atoms with E-state index in [0.29, 0.717) is 29.7 Å². The van der Waals surface area contributed by atoms with Gasteiger partial charge in [0.05, 0.1) is 17.4 Å². The fraction of sp³-hybridized carbons (Fsp3) is 0.480. The molecule has 33 heavy (non-hydrogen) atoms. The standard InChI is InChI=1S/C25H32N4O3S/c1-17-21-24(32-3)27-20(16-31-2)28-25(21)33-22(17)23(30)26-14-18-8-10-19(11-9-18)15-29-12-6-4-5-7-13-29/h8-11H,4-7,12-16H2,1-3H3,(H,26,30). The molecule has 1 aliphatic rings. The molecule has 0 aliphatic carbocycles. The summed E-state index contributed by atoms with van der Waals surface area (Å²) in [6.45, 7) is 6.06. The van der Waals surface area contributed by atoms with Crippen molar-refractivity contribution in [3.05, 3.63) is 51.7 Å². The number of carbonyl (C=O) groups excluding carboxylic acids is 1. The first-order valence-electron chi connectivity index (χ1n) is 11.5. The van der Waals surface area contributed by atoms with Crippen LogP contribution in [0.15, 0.2) is 24.3 Å². The third-order valence-corrected chi connectivity index (χ3v) is 7.24. The predicted octanol–water partition coefficient (Wildman–Crippen LogP) is 4.46. The SMILES string of the molecule is COCc1nc(OC)c2c(C)c(C(=O)NCc3ccc(CN4CCCCCC4)cc3)sc2n1. The Morgan fingerprint density at radius 1 is 1.06 bits per heavy atom. The lowest BCUT2D eigenvalue weighted by molar-refractivity contribution is 0.0954. The van der Waals surface area contributed by atoms with Crippen LogP contribution in [0.5, 0.6) is 5.88 Å². The molecule has 0 bridgehead atoms. The quantitative estimate of drug-likeness (QED) is 0.526. The van der Waals surface area contributed by atoms with E-state index in [-0.39, 0.29) is 5.91 Å². The lowest BCUT2D eigenvalue weighted by Crippen LogP contribution is -2.24. The lowest BCUT2D eigenvalue weighted by atomic mass is 10.1. The number of carbonyl (C=O) groups is 1. The Bertz CT molecular complexity index is 1090. The molecule has 4 rings (SSSR count). The molecule has 1 saturated heterocycles. The van der Waals surface area contributed by atoms with Crippen LogP contribution in [0.1, 0.15) is 57.9 Å². The molecule has 2 aromatic heterocycles. The van der Waals surface area contributed by atoms with Gasteiger partial charge in [-0.2, -0.15) is 4.98 Å². The number of nitrogens with zero attached hydrogens (tertiary/aromatic N) is 3. The molecule has 1 fully saturated rings. The molecule has 1 amide bonds. The number of aromatic nitrogens is 2. The Labute approximate surface area is 199 Å². The number of amides is 1. The Kier molecular flexibility index (Phi) is 7.90. The average molecular weight is 469 g/mol. The van der Waals surface area contributed by atoms with Crippen molar-refractivity contribution < 1.29 is 14.3 Å². The van der Waals surface area contributed by atoms with Gasteiger partial charge in [0, 0.05) is 20.2 Å². The number of ether oxygens (including phenoxy) is 2. The van der Waals surface area contributed by atoms with Gasteiger partial charge in [0.25, 0.3) is 5.91 Å². The highest BCUT2D eigenvalue weighted by atomic mass is 32.1. The second kappa shape index (κ2) is 11.0. The molecule has 1 N–H and O–H groups in total. The third kappa shape index (κ3) is 5.69. The van der Waals surface area contributed by atoms with Crippen LogP contribution >= 0.6 is 11.3 Å². The van der Waals surface area contributed by atoms with Crippen molar-refractivity contribution in [3.8, 4) is 5.88 Å². The molecule has 176 valence electrons. The Morgan fingerprint density at radius 2 is 1.76 bits per heavy atom. The van der Waals surface area contributed by atoms with Crippen LogP contribution in [0.3, 0.4) is 0 Å². The number of methoxy groups -OCH3 is 2. The summed E-state index contributed by atoms with van der Waals surface area (Å²) in [7, 11) is 3.17. The molecular formula is C25H32N4O3S. The summed E-state index contributed by atoms with van der Waals surface area (Å²) in [5.74, 6) is 0.898. The molecule has 1 aliphatic heterocycles. The normalized spacial score (nSPS) is 14.9. The molecule has 0 spiro atoms. The summed E-state index contributed by atoms with van der Waals surface area (Å²) >= 11 is 1.36. The summed E-state index contributed by atoms with van der Waals surface area (Å²) in [4.78, 5) is 25.8. The fourth-order valence-electron chi connectivity index (χ4n) is 4.28. The van der Waals surface area contributed by atoms with Crippen LogP contribution in [0.25, 0.3) is 10.2 Å². The lowest BCUT2D eigenvalue weighted by Gasteiger charge is -2.19. The minimum absolute atomic E-state index is 0.112. The summed E-state index contributed by atoms with van der Waals surface area (Å²) in [5.41, 5.74) is 3.24. The number of rotatable bonds is 8. The average Bonchev–Trinajstić information content (AvgIpc) is 2.98. The van der Waals surface area contributed by atoms with E-state index in [9.17, 15) is 4.79 Å². The first-order chi connectivity index (χ1) is 16.1. The number of likely N-dealkylation sites (tertiary alicyclic amines) is 1. The van der Waals surface area contributed by atoms with Gasteiger partial charge in [0.15, 0.2) is 5.82 Å². The van der Waals surface area contributed by atoms with E-state index < -0.39 is 0 Å². The van der Waals surface area contributed by atoms with Gasteiger partial charge in [0.1, 0.15) is 11.4 Å². The highest BCUT2D eigenvalue weighted by Gasteiger charge is 2.21. The number of aryl methyl sites for hydroxylation is 1. The summed E-state index contributed by atoms with van der Waals surface area (Å²) in [6.07, 6.45) is 5.29. The molecule has 8 heteroatoms. The van der Waals surface area contributed by atoms with Crippen molar-refractivity contribution in [3.63, 3.8) is 0 Å². The minimum atomic E-state index is -0.112. The topological polar surface area (TPSA) is 76.6 Å².